The van der Waals surface area contributed by atoms with E-state index in [-0.39, 0.29) is 35.9 Å². The van der Waals surface area contributed by atoms with Crippen LogP contribution in [0.25, 0.3) is 0 Å². The summed E-state index contributed by atoms with van der Waals surface area (Å²) in [7, 11) is 3.97. The summed E-state index contributed by atoms with van der Waals surface area (Å²) in [6.45, 7) is 3.93. The predicted octanol–water partition coefficient (Wildman–Crippen LogP) is 1.92. The average Bonchev–Trinajstić information content (AvgIpc) is 2.99. The number of rotatable bonds is 4. The van der Waals surface area contributed by atoms with Gasteiger partial charge in [0.2, 0.25) is 5.91 Å². The molecule has 1 aromatic rings. The van der Waals surface area contributed by atoms with Crippen LogP contribution in [0.2, 0.25) is 0 Å². The van der Waals surface area contributed by atoms with Gasteiger partial charge in [-0.25, -0.2) is 0 Å². The summed E-state index contributed by atoms with van der Waals surface area (Å²) in [5, 5.41) is 6.85. The minimum atomic E-state index is 0. The molecule has 2 heterocycles. The number of carbonyl (C=O) groups excluding carboxylic acids is 1. The van der Waals surface area contributed by atoms with Gasteiger partial charge in [-0.3, -0.25) is 9.79 Å². The van der Waals surface area contributed by atoms with Crippen molar-refractivity contribution in [1.29, 1.82) is 0 Å². The summed E-state index contributed by atoms with van der Waals surface area (Å²) >= 11 is 0. The highest BCUT2D eigenvalue weighted by Gasteiger charge is 2.31. The van der Waals surface area contributed by atoms with Crippen LogP contribution < -0.4 is 15.5 Å². The number of anilines is 1. The number of piperidine rings is 1. The van der Waals surface area contributed by atoms with Gasteiger partial charge in [0.1, 0.15) is 0 Å². The summed E-state index contributed by atoms with van der Waals surface area (Å²) in [6.07, 6.45) is 3.03. The van der Waals surface area contributed by atoms with Crippen LogP contribution in [-0.2, 0) is 4.79 Å². The van der Waals surface area contributed by atoms with Gasteiger partial charge in [0.05, 0.1) is 6.04 Å². The third kappa shape index (κ3) is 5.57. The zero-order valence-electron chi connectivity index (χ0n) is 15.6. The zero-order chi connectivity index (χ0) is 17.6. The van der Waals surface area contributed by atoms with Gasteiger partial charge in [-0.15, -0.1) is 24.0 Å². The quantitative estimate of drug-likeness (QED) is 0.400. The van der Waals surface area contributed by atoms with E-state index in [4.69, 9.17) is 0 Å². The molecule has 0 spiro atoms. The first-order valence-corrected chi connectivity index (χ1v) is 9.17. The second-order valence-corrected chi connectivity index (χ2v) is 7.11. The van der Waals surface area contributed by atoms with Crippen molar-refractivity contribution in [2.45, 2.75) is 25.3 Å². The van der Waals surface area contributed by atoms with Gasteiger partial charge in [-0.05, 0) is 44.5 Å². The number of halogens is 1. The highest BCUT2D eigenvalue weighted by atomic mass is 127. The molecule has 0 aliphatic carbocycles. The lowest BCUT2D eigenvalue weighted by atomic mass is 9.99. The van der Waals surface area contributed by atoms with E-state index in [0.29, 0.717) is 18.9 Å². The molecule has 2 aliphatic heterocycles. The van der Waals surface area contributed by atoms with E-state index >= 15 is 0 Å². The molecule has 0 radical (unpaired) electrons. The fourth-order valence-corrected chi connectivity index (χ4v) is 3.73. The first-order valence-electron chi connectivity index (χ1n) is 9.17. The van der Waals surface area contributed by atoms with Gasteiger partial charge < -0.3 is 20.4 Å². The SMILES string of the molecule is CN=C(NCC1CCCN(C)C1)NC1CC(=O)N(c2ccccc2)C1.I. The molecule has 0 saturated carbocycles. The summed E-state index contributed by atoms with van der Waals surface area (Å²) in [4.78, 5) is 20.9. The van der Waals surface area contributed by atoms with Crippen LogP contribution in [-0.4, -0.2) is 63.1 Å². The van der Waals surface area contributed by atoms with Crippen molar-refractivity contribution in [2.75, 3.05) is 45.2 Å². The molecule has 1 amide bonds. The van der Waals surface area contributed by atoms with E-state index in [0.717, 1.165) is 24.7 Å². The molecule has 6 nitrogen and oxygen atoms in total. The van der Waals surface area contributed by atoms with E-state index in [1.54, 1.807) is 7.05 Å². The van der Waals surface area contributed by atoms with E-state index in [1.165, 1.54) is 19.4 Å². The number of likely N-dealkylation sites (tertiary alicyclic amines) is 1. The molecule has 0 bridgehead atoms. The van der Waals surface area contributed by atoms with Gasteiger partial charge in [-0.2, -0.15) is 0 Å². The minimum Gasteiger partial charge on any atom is -0.356 e. The number of amides is 1. The Hall–Kier alpha value is -1.35. The normalized spacial score (nSPS) is 24.3. The van der Waals surface area contributed by atoms with Crippen molar-refractivity contribution >= 4 is 41.5 Å². The average molecular weight is 471 g/mol. The number of hydrogen-bond acceptors (Lipinski definition) is 3. The topological polar surface area (TPSA) is 60.0 Å². The van der Waals surface area contributed by atoms with Crippen LogP contribution in [0.3, 0.4) is 0 Å². The van der Waals surface area contributed by atoms with E-state index in [9.17, 15) is 4.79 Å². The fourth-order valence-electron chi connectivity index (χ4n) is 3.73. The number of hydrogen-bond donors (Lipinski definition) is 2. The van der Waals surface area contributed by atoms with Crippen molar-refractivity contribution in [1.82, 2.24) is 15.5 Å². The molecule has 2 fully saturated rings. The zero-order valence-corrected chi connectivity index (χ0v) is 18.0. The van der Waals surface area contributed by atoms with Gasteiger partial charge in [0.25, 0.3) is 0 Å². The maximum Gasteiger partial charge on any atom is 0.229 e. The summed E-state index contributed by atoms with van der Waals surface area (Å²) in [6, 6.07) is 9.94. The Morgan fingerprint density at radius 1 is 1.27 bits per heavy atom. The van der Waals surface area contributed by atoms with Gasteiger partial charge >= 0.3 is 0 Å². The molecule has 2 saturated heterocycles. The molecule has 2 unspecified atom stereocenters. The molecule has 2 N–H and O–H groups in total. The first kappa shape index (κ1) is 21.0. The second kappa shape index (κ2) is 10.1. The molecule has 7 heteroatoms. The number of benzene rings is 1. The van der Waals surface area contributed by atoms with Crippen LogP contribution >= 0.6 is 24.0 Å². The van der Waals surface area contributed by atoms with Crippen molar-refractivity contribution in [2.24, 2.45) is 10.9 Å². The smallest absolute Gasteiger partial charge is 0.229 e. The van der Waals surface area contributed by atoms with E-state index in [2.05, 4.69) is 27.6 Å². The monoisotopic (exact) mass is 471 g/mol. The van der Waals surface area contributed by atoms with Crippen molar-refractivity contribution in [3.05, 3.63) is 30.3 Å². The first-order chi connectivity index (χ1) is 12.2. The molecule has 2 aliphatic rings. The van der Waals surface area contributed by atoms with Gasteiger partial charge in [0, 0.05) is 38.8 Å². The fraction of sp³-hybridized carbons (Fsp3) is 0.579. The van der Waals surface area contributed by atoms with Crippen LogP contribution in [0.5, 0.6) is 0 Å². The Morgan fingerprint density at radius 2 is 2.04 bits per heavy atom. The Balaban J connectivity index is 0.00000243. The highest BCUT2D eigenvalue weighted by Crippen LogP contribution is 2.21. The van der Waals surface area contributed by atoms with Crippen LogP contribution in [0.1, 0.15) is 19.3 Å². The van der Waals surface area contributed by atoms with Gasteiger partial charge in [-0.1, -0.05) is 18.2 Å². The lowest BCUT2D eigenvalue weighted by molar-refractivity contribution is -0.117. The lowest BCUT2D eigenvalue weighted by Gasteiger charge is -2.30. The Kier molecular flexibility index (Phi) is 8.15. The number of nitrogens with zero attached hydrogens (tertiary/aromatic N) is 3. The number of guanidine groups is 1. The molecular formula is C19H30IN5O. The maximum atomic E-state index is 12.3. The van der Waals surface area contributed by atoms with Crippen molar-refractivity contribution in [3.8, 4) is 0 Å². The minimum absolute atomic E-state index is 0. The van der Waals surface area contributed by atoms with Crippen LogP contribution in [0, 0.1) is 5.92 Å². The molecule has 2 atom stereocenters. The lowest BCUT2D eigenvalue weighted by Crippen LogP contribution is -2.47. The second-order valence-electron chi connectivity index (χ2n) is 7.11. The third-order valence-corrected chi connectivity index (χ3v) is 5.04. The highest BCUT2D eigenvalue weighted by molar-refractivity contribution is 14.0. The van der Waals surface area contributed by atoms with E-state index in [1.807, 2.05) is 35.2 Å². The largest absolute Gasteiger partial charge is 0.356 e. The van der Waals surface area contributed by atoms with Crippen molar-refractivity contribution < 1.29 is 4.79 Å². The molecule has 3 rings (SSSR count). The molecule has 144 valence electrons. The van der Waals surface area contributed by atoms with Crippen LogP contribution in [0.15, 0.2) is 35.3 Å². The molecular weight excluding hydrogens is 441 g/mol. The number of carbonyl (C=O) groups is 1. The molecule has 0 aromatic heterocycles. The number of nitrogens with one attached hydrogen (secondary N) is 2. The Labute approximate surface area is 173 Å². The third-order valence-electron chi connectivity index (χ3n) is 5.04. The molecule has 1 aromatic carbocycles. The summed E-state index contributed by atoms with van der Waals surface area (Å²) in [5.74, 6) is 1.61. The molecule has 26 heavy (non-hydrogen) atoms. The standard InChI is InChI=1S/C19H29N5O.HI/c1-20-19(21-12-15-7-6-10-23(2)13-15)22-16-11-18(25)24(14-16)17-8-4-3-5-9-17;/h3-5,8-9,15-16H,6-7,10-14H2,1-2H3,(H2,20,21,22);1H. The maximum absolute atomic E-state index is 12.3. The summed E-state index contributed by atoms with van der Waals surface area (Å²) in [5.41, 5.74) is 0.963. The number of para-hydroxylation sites is 1. The predicted molar refractivity (Wildman–Crippen MR) is 117 cm³/mol. The van der Waals surface area contributed by atoms with Gasteiger partial charge in [0.15, 0.2) is 5.96 Å². The van der Waals surface area contributed by atoms with E-state index < -0.39 is 0 Å². The Bertz CT molecular complexity index is 609. The summed E-state index contributed by atoms with van der Waals surface area (Å²) < 4.78 is 0. The number of aliphatic imine (C=N–C) groups is 1. The van der Waals surface area contributed by atoms with Crippen molar-refractivity contribution in [3.63, 3.8) is 0 Å². The Morgan fingerprint density at radius 3 is 2.73 bits per heavy atom. The van der Waals surface area contributed by atoms with Crippen LogP contribution in [0.4, 0.5) is 5.69 Å².